The van der Waals surface area contributed by atoms with Gasteiger partial charge in [-0.25, -0.2) is 0 Å². The van der Waals surface area contributed by atoms with Crippen LogP contribution in [0.15, 0.2) is 18.2 Å². The first kappa shape index (κ1) is 11.6. The Bertz CT molecular complexity index is 356. The van der Waals surface area contributed by atoms with Gasteiger partial charge in [0, 0.05) is 0 Å². The SMILES string of the molecule is NC(=O)C(O)C(O)c1cccc(CO)n1. The van der Waals surface area contributed by atoms with Crippen molar-refractivity contribution < 1.29 is 20.1 Å². The van der Waals surface area contributed by atoms with E-state index >= 15 is 0 Å². The van der Waals surface area contributed by atoms with Crippen molar-refractivity contribution >= 4 is 5.91 Å². The number of aromatic nitrogens is 1. The van der Waals surface area contributed by atoms with Crippen molar-refractivity contribution in [2.24, 2.45) is 5.73 Å². The second-order valence-corrected chi connectivity index (χ2v) is 3.00. The van der Waals surface area contributed by atoms with E-state index < -0.39 is 18.1 Å². The standard InChI is InChI=1S/C9H12N2O4/c10-9(15)8(14)7(13)6-3-1-2-5(4-12)11-6/h1-3,7-8,12-14H,4H2,(H2,10,15). The van der Waals surface area contributed by atoms with Crippen LogP contribution in [0.25, 0.3) is 0 Å². The number of carbonyl (C=O) groups is 1. The molecule has 0 radical (unpaired) electrons. The summed E-state index contributed by atoms with van der Waals surface area (Å²) in [5.41, 5.74) is 5.25. The lowest BCUT2D eigenvalue weighted by atomic mass is 10.1. The lowest BCUT2D eigenvalue weighted by Crippen LogP contribution is -2.34. The molecule has 0 aromatic carbocycles. The molecule has 0 saturated carbocycles. The van der Waals surface area contributed by atoms with Crippen molar-refractivity contribution in [3.8, 4) is 0 Å². The Kier molecular flexibility index (Phi) is 3.73. The minimum atomic E-state index is -1.70. The molecule has 0 fully saturated rings. The molecule has 2 atom stereocenters. The number of aliphatic hydroxyl groups excluding tert-OH is 3. The van der Waals surface area contributed by atoms with Crippen molar-refractivity contribution in [3.63, 3.8) is 0 Å². The van der Waals surface area contributed by atoms with Gasteiger partial charge in [0.25, 0.3) is 0 Å². The van der Waals surface area contributed by atoms with E-state index in [1.807, 2.05) is 0 Å². The number of pyridine rings is 1. The van der Waals surface area contributed by atoms with Crippen LogP contribution in [-0.2, 0) is 11.4 Å². The minimum absolute atomic E-state index is 0.0906. The number of amides is 1. The highest BCUT2D eigenvalue weighted by molar-refractivity contribution is 5.79. The Morgan fingerprint density at radius 1 is 1.47 bits per heavy atom. The quantitative estimate of drug-likeness (QED) is 0.482. The van der Waals surface area contributed by atoms with E-state index in [1.165, 1.54) is 6.07 Å². The van der Waals surface area contributed by atoms with Gasteiger partial charge in [-0.1, -0.05) is 6.07 Å². The van der Waals surface area contributed by atoms with Crippen molar-refractivity contribution in [1.29, 1.82) is 0 Å². The summed E-state index contributed by atoms with van der Waals surface area (Å²) in [6.45, 7) is -0.284. The molecule has 0 aliphatic rings. The van der Waals surface area contributed by atoms with Gasteiger partial charge in [0.15, 0.2) is 6.10 Å². The van der Waals surface area contributed by atoms with Gasteiger partial charge in [0.2, 0.25) is 5.91 Å². The first-order valence-corrected chi connectivity index (χ1v) is 4.28. The molecule has 1 aromatic rings. The predicted molar refractivity (Wildman–Crippen MR) is 50.3 cm³/mol. The van der Waals surface area contributed by atoms with Gasteiger partial charge >= 0.3 is 0 Å². The highest BCUT2D eigenvalue weighted by atomic mass is 16.3. The molecule has 1 heterocycles. The van der Waals surface area contributed by atoms with Crippen LogP contribution in [0.5, 0.6) is 0 Å². The third-order valence-corrected chi connectivity index (χ3v) is 1.88. The van der Waals surface area contributed by atoms with Crippen LogP contribution >= 0.6 is 0 Å². The summed E-state index contributed by atoms with van der Waals surface area (Å²) >= 11 is 0. The van der Waals surface area contributed by atoms with Crippen molar-refractivity contribution in [1.82, 2.24) is 4.98 Å². The highest BCUT2D eigenvalue weighted by Crippen LogP contribution is 2.14. The minimum Gasteiger partial charge on any atom is -0.390 e. The van der Waals surface area contributed by atoms with E-state index in [-0.39, 0.29) is 12.3 Å². The van der Waals surface area contributed by atoms with Gasteiger partial charge in [0.1, 0.15) is 6.10 Å². The molecule has 6 heteroatoms. The second kappa shape index (κ2) is 4.83. The third-order valence-electron chi connectivity index (χ3n) is 1.88. The summed E-state index contributed by atoms with van der Waals surface area (Å²) in [7, 11) is 0. The van der Waals surface area contributed by atoms with E-state index in [9.17, 15) is 15.0 Å². The summed E-state index contributed by atoms with van der Waals surface area (Å²) in [6, 6.07) is 4.52. The molecule has 5 N–H and O–H groups in total. The number of carbonyl (C=O) groups excluding carboxylic acids is 1. The Morgan fingerprint density at radius 2 is 2.13 bits per heavy atom. The van der Waals surface area contributed by atoms with Gasteiger partial charge in [-0.05, 0) is 12.1 Å². The molecule has 1 aromatic heterocycles. The fraction of sp³-hybridized carbons (Fsp3) is 0.333. The largest absolute Gasteiger partial charge is 0.390 e. The van der Waals surface area contributed by atoms with Crippen molar-refractivity contribution in [2.75, 3.05) is 0 Å². The molecule has 1 amide bonds. The van der Waals surface area contributed by atoms with Crippen LogP contribution in [0.2, 0.25) is 0 Å². The van der Waals surface area contributed by atoms with Crippen molar-refractivity contribution in [3.05, 3.63) is 29.6 Å². The summed E-state index contributed by atoms with van der Waals surface area (Å²) < 4.78 is 0. The first-order valence-electron chi connectivity index (χ1n) is 4.28. The van der Waals surface area contributed by atoms with Gasteiger partial charge in [0.05, 0.1) is 18.0 Å². The predicted octanol–water partition coefficient (Wildman–Crippen LogP) is -1.55. The molecule has 2 unspecified atom stereocenters. The zero-order chi connectivity index (χ0) is 11.4. The van der Waals surface area contributed by atoms with Gasteiger partial charge in [-0.3, -0.25) is 9.78 Å². The van der Waals surface area contributed by atoms with E-state index in [0.717, 1.165) is 0 Å². The fourth-order valence-corrected chi connectivity index (χ4v) is 1.07. The number of primary amides is 1. The normalized spacial score (nSPS) is 14.6. The molecular formula is C9H12N2O4. The Balaban J connectivity index is 2.90. The first-order chi connectivity index (χ1) is 7.06. The van der Waals surface area contributed by atoms with Crippen LogP contribution in [0.4, 0.5) is 0 Å². The monoisotopic (exact) mass is 212 g/mol. The molecule has 15 heavy (non-hydrogen) atoms. The number of nitrogens with zero attached hydrogens (tertiary/aromatic N) is 1. The Morgan fingerprint density at radius 3 is 2.67 bits per heavy atom. The molecule has 6 nitrogen and oxygen atoms in total. The van der Waals surface area contributed by atoms with Gasteiger partial charge < -0.3 is 21.1 Å². The average Bonchev–Trinajstić information content (AvgIpc) is 2.27. The number of hydrogen-bond acceptors (Lipinski definition) is 5. The smallest absolute Gasteiger partial charge is 0.249 e. The maximum atomic E-state index is 10.6. The van der Waals surface area contributed by atoms with E-state index in [1.54, 1.807) is 12.1 Å². The van der Waals surface area contributed by atoms with Gasteiger partial charge in [-0.2, -0.15) is 0 Å². The third kappa shape index (κ3) is 2.72. The maximum Gasteiger partial charge on any atom is 0.249 e. The van der Waals surface area contributed by atoms with Crippen LogP contribution in [0, 0.1) is 0 Å². The molecule has 0 saturated heterocycles. The van der Waals surface area contributed by atoms with E-state index in [4.69, 9.17) is 10.8 Å². The van der Waals surface area contributed by atoms with E-state index in [0.29, 0.717) is 5.69 Å². The second-order valence-electron chi connectivity index (χ2n) is 3.00. The van der Waals surface area contributed by atoms with E-state index in [2.05, 4.69) is 4.98 Å². The Labute approximate surface area is 86.0 Å². The number of hydrogen-bond donors (Lipinski definition) is 4. The summed E-state index contributed by atoms with van der Waals surface area (Å²) in [5.74, 6) is -1.03. The van der Waals surface area contributed by atoms with Crippen LogP contribution in [0.1, 0.15) is 17.5 Å². The molecule has 0 spiro atoms. The zero-order valence-corrected chi connectivity index (χ0v) is 7.87. The molecule has 0 bridgehead atoms. The number of nitrogens with two attached hydrogens (primary N) is 1. The fourth-order valence-electron chi connectivity index (χ4n) is 1.07. The molecule has 1 rings (SSSR count). The molecule has 0 aliphatic carbocycles. The van der Waals surface area contributed by atoms with Crippen molar-refractivity contribution in [2.45, 2.75) is 18.8 Å². The topological polar surface area (TPSA) is 117 Å². The average molecular weight is 212 g/mol. The lowest BCUT2D eigenvalue weighted by Gasteiger charge is -2.14. The molecular weight excluding hydrogens is 200 g/mol. The number of rotatable bonds is 4. The molecule has 0 aliphatic heterocycles. The maximum absolute atomic E-state index is 10.6. The Hall–Kier alpha value is -1.50. The molecule has 82 valence electrons. The van der Waals surface area contributed by atoms with Crippen LogP contribution < -0.4 is 5.73 Å². The van der Waals surface area contributed by atoms with Gasteiger partial charge in [-0.15, -0.1) is 0 Å². The lowest BCUT2D eigenvalue weighted by molar-refractivity contribution is -0.132. The van der Waals surface area contributed by atoms with Crippen LogP contribution in [0.3, 0.4) is 0 Å². The van der Waals surface area contributed by atoms with Crippen LogP contribution in [-0.4, -0.2) is 32.3 Å². The summed E-state index contributed by atoms with van der Waals surface area (Å²) in [6.07, 6.45) is -3.18. The summed E-state index contributed by atoms with van der Waals surface area (Å²) in [5, 5.41) is 27.5. The number of aliphatic hydroxyl groups is 3. The highest BCUT2D eigenvalue weighted by Gasteiger charge is 2.24. The summed E-state index contributed by atoms with van der Waals surface area (Å²) in [4.78, 5) is 14.4. The zero-order valence-electron chi connectivity index (χ0n) is 7.87.